The molecule has 18 heavy (non-hydrogen) atoms. The SMILES string of the molecule is CCNC1CCC(C)CC1N1CC(C)CCC1C. The van der Waals surface area contributed by atoms with Gasteiger partial charge in [0, 0.05) is 24.7 Å². The summed E-state index contributed by atoms with van der Waals surface area (Å²) in [7, 11) is 0. The molecule has 1 heterocycles. The highest BCUT2D eigenvalue weighted by molar-refractivity contribution is 4.93. The highest BCUT2D eigenvalue weighted by atomic mass is 15.2. The van der Waals surface area contributed by atoms with E-state index in [-0.39, 0.29) is 0 Å². The Balaban J connectivity index is 2.05. The molecule has 5 atom stereocenters. The lowest BCUT2D eigenvalue weighted by Gasteiger charge is -2.48. The number of rotatable bonds is 3. The van der Waals surface area contributed by atoms with Gasteiger partial charge in [0.1, 0.15) is 0 Å². The van der Waals surface area contributed by atoms with Gasteiger partial charge in [-0.2, -0.15) is 0 Å². The minimum Gasteiger partial charge on any atom is -0.313 e. The van der Waals surface area contributed by atoms with Gasteiger partial charge in [0.2, 0.25) is 0 Å². The molecule has 1 aliphatic carbocycles. The number of piperidine rings is 1. The van der Waals surface area contributed by atoms with Crippen LogP contribution in [0.1, 0.15) is 59.8 Å². The highest BCUT2D eigenvalue weighted by Gasteiger charge is 2.36. The van der Waals surface area contributed by atoms with Crippen LogP contribution in [0.4, 0.5) is 0 Å². The zero-order valence-electron chi connectivity index (χ0n) is 12.8. The molecule has 106 valence electrons. The summed E-state index contributed by atoms with van der Waals surface area (Å²) in [4.78, 5) is 2.83. The Hall–Kier alpha value is -0.0800. The lowest BCUT2D eigenvalue weighted by molar-refractivity contribution is 0.0289. The van der Waals surface area contributed by atoms with Gasteiger partial charge < -0.3 is 5.32 Å². The fourth-order valence-electron chi connectivity index (χ4n) is 4.00. The molecule has 5 unspecified atom stereocenters. The molecule has 0 amide bonds. The molecule has 2 fully saturated rings. The van der Waals surface area contributed by atoms with Crippen LogP contribution in [0.15, 0.2) is 0 Å². The van der Waals surface area contributed by atoms with Gasteiger partial charge in [-0.1, -0.05) is 20.8 Å². The maximum absolute atomic E-state index is 3.75. The van der Waals surface area contributed by atoms with Crippen molar-refractivity contribution in [1.29, 1.82) is 0 Å². The summed E-state index contributed by atoms with van der Waals surface area (Å²) in [6, 6.07) is 2.31. The van der Waals surface area contributed by atoms with Gasteiger partial charge in [-0.15, -0.1) is 0 Å². The van der Waals surface area contributed by atoms with E-state index in [4.69, 9.17) is 0 Å². The Morgan fingerprint density at radius 2 is 1.72 bits per heavy atom. The zero-order chi connectivity index (χ0) is 13.1. The predicted octanol–water partition coefficient (Wildman–Crippen LogP) is 3.27. The molecule has 1 saturated heterocycles. The van der Waals surface area contributed by atoms with E-state index in [1.165, 1.54) is 38.6 Å². The first-order chi connectivity index (χ1) is 8.61. The lowest BCUT2D eigenvalue weighted by atomic mass is 9.80. The molecular formula is C16H32N2. The van der Waals surface area contributed by atoms with E-state index in [0.29, 0.717) is 0 Å². The van der Waals surface area contributed by atoms with E-state index in [1.807, 2.05) is 0 Å². The van der Waals surface area contributed by atoms with Crippen LogP contribution >= 0.6 is 0 Å². The first kappa shape index (κ1) is 14.3. The van der Waals surface area contributed by atoms with Gasteiger partial charge in [0.15, 0.2) is 0 Å². The minimum atomic E-state index is 0.735. The molecular weight excluding hydrogens is 220 g/mol. The third-order valence-electron chi connectivity index (χ3n) is 5.14. The van der Waals surface area contributed by atoms with E-state index >= 15 is 0 Å². The van der Waals surface area contributed by atoms with Crippen LogP contribution in [0, 0.1) is 11.8 Å². The van der Waals surface area contributed by atoms with Gasteiger partial charge in [-0.05, 0) is 57.4 Å². The second-order valence-electron chi connectivity index (χ2n) is 6.88. The number of hydrogen-bond acceptors (Lipinski definition) is 2. The fraction of sp³-hybridized carbons (Fsp3) is 1.00. The number of likely N-dealkylation sites (tertiary alicyclic amines) is 1. The standard InChI is InChI=1S/C16H32N2/c1-5-17-15-9-7-12(2)10-16(15)18-11-13(3)6-8-14(18)4/h12-17H,5-11H2,1-4H3. The molecule has 0 spiro atoms. The number of likely N-dealkylation sites (N-methyl/N-ethyl adjacent to an activating group) is 1. The molecule has 0 radical (unpaired) electrons. The normalized spacial score (nSPS) is 43.0. The molecule has 1 aliphatic heterocycles. The smallest absolute Gasteiger partial charge is 0.0254 e. The molecule has 0 aromatic carbocycles. The van der Waals surface area contributed by atoms with Crippen LogP contribution in [0.2, 0.25) is 0 Å². The van der Waals surface area contributed by atoms with Crippen LogP contribution in [0.5, 0.6) is 0 Å². The first-order valence-electron chi connectivity index (χ1n) is 8.11. The van der Waals surface area contributed by atoms with E-state index in [9.17, 15) is 0 Å². The minimum absolute atomic E-state index is 0.735. The fourth-order valence-corrected chi connectivity index (χ4v) is 4.00. The van der Waals surface area contributed by atoms with Crippen LogP contribution in [0.25, 0.3) is 0 Å². The van der Waals surface area contributed by atoms with Gasteiger partial charge in [0.05, 0.1) is 0 Å². The quantitative estimate of drug-likeness (QED) is 0.829. The van der Waals surface area contributed by atoms with Crippen molar-refractivity contribution in [2.75, 3.05) is 13.1 Å². The second kappa shape index (κ2) is 6.38. The number of hydrogen-bond donors (Lipinski definition) is 1. The summed E-state index contributed by atoms with van der Waals surface area (Å²) in [6.45, 7) is 12.0. The Bertz CT molecular complexity index is 253. The van der Waals surface area contributed by atoms with Crippen LogP contribution in [-0.4, -0.2) is 36.1 Å². The summed E-state index contributed by atoms with van der Waals surface area (Å²) >= 11 is 0. The predicted molar refractivity (Wildman–Crippen MR) is 78.8 cm³/mol. The first-order valence-corrected chi connectivity index (χ1v) is 8.11. The van der Waals surface area contributed by atoms with Gasteiger partial charge in [-0.25, -0.2) is 0 Å². The van der Waals surface area contributed by atoms with Crippen molar-refractivity contribution in [3.05, 3.63) is 0 Å². The summed E-state index contributed by atoms with van der Waals surface area (Å²) in [5.41, 5.74) is 0. The molecule has 2 nitrogen and oxygen atoms in total. The van der Waals surface area contributed by atoms with Gasteiger partial charge >= 0.3 is 0 Å². The van der Waals surface area contributed by atoms with E-state index in [2.05, 4.69) is 37.9 Å². The zero-order valence-corrected chi connectivity index (χ0v) is 12.8. The highest BCUT2D eigenvalue weighted by Crippen LogP contribution is 2.33. The summed E-state index contributed by atoms with van der Waals surface area (Å²) in [6.07, 6.45) is 6.99. The van der Waals surface area contributed by atoms with Crippen LogP contribution in [0.3, 0.4) is 0 Å². The van der Waals surface area contributed by atoms with Gasteiger partial charge in [0.25, 0.3) is 0 Å². The largest absolute Gasteiger partial charge is 0.313 e. The van der Waals surface area contributed by atoms with E-state index in [0.717, 1.165) is 36.5 Å². The summed E-state index contributed by atoms with van der Waals surface area (Å²) in [5.74, 6) is 1.80. The Labute approximate surface area is 114 Å². The Kier molecular flexibility index (Phi) is 5.08. The topological polar surface area (TPSA) is 15.3 Å². The monoisotopic (exact) mass is 252 g/mol. The Morgan fingerprint density at radius 3 is 2.44 bits per heavy atom. The summed E-state index contributed by atoms with van der Waals surface area (Å²) in [5, 5.41) is 3.75. The average molecular weight is 252 g/mol. The molecule has 0 aromatic rings. The van der Waals surface area contributed by atoms with Crippen molar-refractivity contribution >= 4 is 0 Å². The average Bonchev–Trinajstić information content (AvgIpc) is 2.35. The van der Waals surface area contributed by atoms with Crippen molar-refractivity contribution in [3.8, 4) is 0 Å². The second-order valence-corrected chi connectivity index (χ2v) is 6.88. The third kappa shape index (κ3) is 3.27. The van der Waals surface area contributed by atoms with Crippen LogP contribution in [-0.2, 0) is 0 Å². The molecule has 0 bridgehead atoms. The molecule has 1 saturated carbocycles. The van der Waals surface area contributed by atoms with E-state index < -0.39 is 0 Å². The maximum Gasteiger partial charge on any atom is 0.0254 e. The Morgan fingerprint density at radius 1 is 1.00 bits per heavy atom. The van der Waals surface area contributed by atoms with Crippen molar-refractivity contribution in [1.82, 2.24) is 10.2 Å². The third-order valence-corrected chi connectivity index (χ3v) is 5.14. The number of nitrogens with one attached hydrogen (secondary N) is 1. The van der Waals surface area contributed by atoms with Crippen molar-refractivity contribution < 1.29 is 0 Å². The van der Waals surface area contributed by atoms with E-state index in [1.54, 1.807) is 0 Å². The summed E-state index contributed by atoms with van der Waals surface area (Å²) < 4.78 is 0. The molecule has 1 N–H and O–H groups in total. The molecule has 2 aliphatic rings. The van der Waals surface area contributed by atoms with Crippen molar-refractivity contribution in [2.45, 2.75) is 77.9 Å². The van der Waals surface area contributed by atoms with Crippen molar-refractivity contribution in [3.63, 3.8) is 0 Å². The molecule has 2 heteroatoms. The van der Waals surface area contributed by atoms with Crippen molar-refractivity contribution in [2.24, 2.45) is 11.8 Å². The number of nitrogens with zero attached hydrogens (tertiary/aromatic N) is 1. The van der Waals surface area contributed by atoms with Crippen LogP contribution < -0.4 is 5.32 Å². The van der Waals surface area contributed by atoms with Gasteiger partial charge in [-0.3, -0.25) is 4.90 Å². The lowest BCUT2D eigenvalue weighted by Crippen LogP contribution is -2.57. The maximum atomic E-state index is 3.75. The molecule has 2 rings (SSSR count). The molecule has 0 aromatic heterocycles.